The first-order valence-electron chi connectivity index (χ1n) is 7.90. The quantitative estimate of drug-likeness (QED) is 0.609. The molecule has 4 nitrogen and oxygen atoms in total. The summed E-state index contributed by atoms with van der Waals surface area (Å²) in [5.41, 5.74) is 1.51. The fourth-order valence-corrected chi connectivity index (χ4v) is 3.36. The Morgan fingerprint density at radius 1 is 1.16 bits per heavy atom. The number of rotatable bonds is 4. The van der Waals surface area contributed by atoms with Gasteiger partial charge < -0.3 is 0 Å². The van der Waals surface area contributed by atoms with Crippen molar-refractivity contribution in [3.05, 3.63) is 69.1 Å². The molecule has 0 spiro atoms. The second kappa shape index (κ2) is 7.04. The lowest BCUT2D eigenvalue weighted by molar-refractivity contribution is 0.0979. The van der Waals surface area contributed by atoms with Crippen LogP contribution in [0.1, 0.15) is 23.8 Å². The zero-order valence-electron chi connectivity index (χ0n) is 13.6. The molecule has 0 aliphatic carbocycles. The van der Waals surface area contributed by atoms with E-state index in [-0.39, 0.29) is 24.3 Å². The monoisotopic (exact) mass is 394 g/mol. The highest BCUT2D eigenvalue weighted by molar-refractivity contribution is 9.10. The fourth-order valence-electron chi connectivity index (χ4n) is 3.00. The smallest absolute Gasteiger partial charge is 0.259 e. The summed E-state index contributed by atoms with van der Waals surface area (Å²) < 4.78 is 2.12. The Labute approximate surface area is 153 Å². The Morgan fingerprint density at radius 2 is 1.88 bits per heavy atom. The minimum absolute atomic E-state index is 0.159. The molecule has 0 saturated heterocycles. The van der Waals surface area contributed by atoms with Crippen LogP contribution in [0.5, 0.6) is 0 Å². The third-order valence-corrected chi connectivity index (χ3v) is 4.60. The number of halogens is 1. The number of benzene rings is 2. The van der Waals surface area contributed by atoms with Gasteiger partial charge in [-0.25, -0.2) is 0 Å². The Hall–Kier alpha value is -2.71. The highest BCUT2D eigenvalue weighted by Crippen LogP contribution is 2.33. The molecule has 1 heterocycles. The standard InChI is InChI=1S/C20H15BrN2O2/c1-2-17(24)19-18(13-6-4-3-5-7-13)16-12-14(21)8-9-15(16)20(25)23(19)11-10-22/h3-9,12H,2,11H2,1H3. The van der Waals surface area contributed by atoms with E-state index in [1.807, 2.05) is 42.5 Å². The number of carbonyl (C=O) groups excluding carboxylic acids is 1. The van der Waals surface area contributed by atoms with Crippen LogP contribution in [0.4, 0.5) is 0 Å². The molecule has 25 heavy (non-hydrogen) atoms. The second-order valence-electron chi connectivity index (χ2n) is 5.61. The molecule has 0 N–H and O–H groups in total. The summed E-state index contributed by atoms with van der Waals surface area (Å²) >= 11 is 3.45. The minimum Gasteiger partial charge on any atom is -0.293 e. The number of ketones is 1. The summed E-state index contributed by atoms with van der Waals surface area (Å²) in [6.45, 7) is 1.59. The summed E-state index contributed by atoms with van der Waals surface area (Å²) in [5, 5.41) is 10.4. The van der Waals surface area contributed by atoms with E-state index in [1.165, 1.54) is 4.57 Å². The molecule has 0 radical (unpaired) electrons. The largest absolute Gasteiger partial charge is 0.293 e. The van der Waals surface area contributed by atoms with Crippen LogP contribution in [-0.2, 0) is 6.54 Å². The van der Waals surface area contributed by atoms with Crippen LogP contribution in [0.3, 0.4) is 0 Å². The van der Waals surface area contributed by atoms with Crippen molar-refractivity contribution in [1.29, 1.82) is 5.26 Å². The number of hydrogen-bond donors (Lipinski definition) is 0. The van der Waals surface area contributed by atoms with E-state index in [1.54, 1.807) is 19.1 Å². The minimum atomic E-state index is -0.319. The normalized spacial score (nSPS) is 10.6. The van der Waals surface area contributed by atoms with Crippen molar-refractivity contribution in [1.82, 2.24) is 4.57 Å². The van der Waals surface area contributed by atoms with Crippen molar-refractivity contribution in [2.24, 2.45) is 0 Å². The Balaban J connectivity index is 2.58. The molecule has 0 atom stereocenters. The molecule has 1 aromatic heterocycles. The van der Waals surface area contributed by atoms with Gasteiger partial charge in [0.25, 0.3) is 5.56 Å². The molecule has 0 saturated carbocycles. The number of pyridine rings is 1. The van der Waals surface area contributed by atoms with Gasteiger partial charge in [0, 0.05) is 21.8 Å². The predicted octanol–water partition coefficient (Wildman–Crippen LogP) is 4.55. The van der Waals surface area contributed by atoms with Gasteiger partial charge in [-0.2, -0.15) is 5.26 Å². The van der Waals surface area contributed by atoms with E-state index in [0.29, 0.717) is 22.0 Å². The van der Waals surface area contributed by atoms with Crippen molar-refractivity contribution in [3.63, 3.8) is 0 Å². The highest BCUT2D eigenvalue weighted by Gasteiger charge is 2.22. The maximum Gasteiger partial charge on any atom is 0.259 e. The van der Waals surface area contributed by atoms with E-state index in [4.69, 9.17) is 0 Å². The van der Waals surface area contributed by atoms with E-state index in [9.17, 15) is 14.9 Å². The first-order valence-corrected chi connectivity index (χ1v) is 8.69. The van der Waals surface area contributed by atoms with Gasteiger partial charge in [-0.1, -0.05) is 53.2 Å². The molecule has 0 fully saturated rings. The van der Waals surface area contributed by atoms with Crippen molar-refractivity contribution in [2.75, 3.05) is 0 Å². The molecule has 0 aliphatic heterocycles. The van der Waals surface area contributed by atoms with Gasteiger partial charge in [-0.3, -0.25) is 14.2 Å². The number of carbonyl (C=O) groups is 1. The van der Waals surface area contributed by atoms with Gasteiger partial charge >= 0.3 is 0 Å². The average molecular weight is 395 g/mol. The average Bonchev–Trinajstić information content (AvgIpc) is 2.63. The molecular formula is C20H15BrN2O2. The zero-order chi connectivity index (χ0) is 18.0. The number of hydrogen-bond acceptors (Lipinski definition) is 3. The third kappa shape index (κ3) is 3.01. The van der Waals surface area contributed by atoms with Crippen LogP contribution in [0.25, 0.3) is 21.9 Å². The maximum absolute atomic E-state index is 12.9. The van der Waals surface area contributed by atoms with Crippen molar-refractivity contribution >= 4 is 32.5 Å². The molecule has 3 aromatic rings. The number of aromatic nitrogens is 1. The fraction of sp³-hybridized carbons (Fsp3) is 0.150. The maximum atomic E-state index is 12.9. The van der Waals surface area contributed by atoms with Gasteiger partial charge in [0.05, 0.1) is 11.8 Å². The van der Waals surface area contributed by atoms with E-state index >= 15 is 0 Å². The molecule has 3 rings (SSSR count). The van der Waals surface area contributed by atoms with Crippen molar-refractivity contribution in [2.45, 2.75) is 19.9 Å². The molecule has 124 valence electrons. The molecule has 5 heteroatoms. The summed E-state index contributed by atoms with van der Waals surface area (Å²) in [6.07, 6.45) is 0.254. The summed E-state index contributed by atoms with van der Waals surface area (Å²) in [5.74, 6) is -0.159. The SMILES string of the molecule is CCC(=O)c1c(-c2ccccc2)c2cc(Br)ccc2c(=O)n1CC#N. The van der Waals surface area contributed by atoms with Crippen molar-refractivity contribution in [3.8, 4) is 17.2 Å². The third-order valence-electron chi connectivity index (χ3n) is 4.11. The van der Waals surface area contributed by atoms with E-state index in [0.717, 1.165) is 10.0 Å². The highest BCUT2D eigenvalue weighted by atomic mass is 79.9. The van der Waals surface area contributed by atoms with Crippen LogP contribution in [-0.4, -0.2) is 10.4 Å². The molecule has 0 aliphatic rings. The van der Waals surface area contributed by atoms with Crippen molar-refractivity contribution < 1.29 is 4.79 Å². The molecule has 0 bridgehead atoms. The van der Waals surface area contributed by atoms with Gasteiger partial charge in [0.2, 0.25) is 0 Å². The Bertz CT molecular complexity index is 1060. The summed E-state index contributed by atoms with van der Waals surface area (Å²) in [7, 11) is 0. The predicted molar refractivity (Wildman–Crippen MR) is 102 cm³/mol. The van der Waals surface area contributed by atoms with Crippen LogP contribution in [0.15, 0.2) is 57.8 Å². The molecule has 0 unspecified atom stereocenters. The van der Waals surface area contributed by atoms with Crippen LogP contribution >= 0.6 is 15.9 Å². The Morgan fingerprint density at radius 3 is 2.52 bits per heavy atom. The lowest BCUT2D eigenvalue weighted by atomic mass is 9.94. The van der Waals surface area contributed by atoms with Crippen LogP contribution < -0.4 is 5.56 Å². The van der Waals surface area contributed by atoms with Gasteiger partial charge in [-0.05, 0) is 29.1 Å². The first kappa shape index (κ1) is 17.1. The molecule has 2 aromatic carbocycles. The van der Waals surface area contributed by atoms with E-state index in [2.05, 4.69) is 15.9 Å². The number of fused-ring (bicyclic) bond motifs is 1. The molecular weight excluding hydrogens is 380 g/mol. The summed E-state index contributed by atoms with van der Waals surface area (Å²) in [6, 6.07) is 16.8. The van der Waals surface area contributed by atoms with Gasteiger partial charge in [-0.15, -0.1) is 0 Å². The topological polar surface area (TPSA) is 62.9 Å². The zero-order valence-corrected chi connectivity index (χ0v) is 15.2. The van der Waals surface area contributed by atoms with Crippen LogP contribution in [0, 0.1) is 11.3 Å². The van der Waals surface area contributed by atoms with Gasteiger partial charge in [0.15, 0.2) is 5.78 Å². The van der Waals surface area contributed by atoms with E-state index < -0.39 is 0 Å². The second-order valence-corrected chi connectivity index (χ2v) is 6.52. The number of nitrogens with zero attached hydrogens (tertiary/aromatic N) is 2. The summed E-state index contributed by atoms with van der Waals surface area (Å²) in [4.78, 5) is 25.6. The Kier molecular flexibility index (Phi) is 4.82. The first-order chi connectivity index (χ1) is 12.1. The number of nitriles is 1. The lowest BCUT2D eigenvalue weighted by Crippen LogP contribution is -2.27. The number of Topliss-reactive ketones (excluding diaryl/α,β-unsaturated/α-hetero) is 1. The molecule has 0 amide bonds. The van der Waals surface area contributed by atoms with Gasteiger partial charge in [0.1, 0.15) is 6.54 Å². The lowest BCUT2D eigenvalue weighted by Gasteiger charge is -2.17. The van der Waals surface area contributed by atoms with Crippen LogP contribution in [0.2, 0.25) is 0 Å².